The number of rotatable bonds is 4. The van der Waals surface area contributed by atoms with E-state index in [0.29, 0.717) is 13.0 Å². The third kappa shape index (κ3) is 7.34. The second-order valence-corrected chi connectivity index (χ2v) is 7.17. The standard InChI is InChI=1S/C11H21NO6S/c1-11(2,3)18-10(13)12-8-5-9(16-6-8)7-17-19(4,14)15/h8-9H,5-7H2,1-4H3,(H,12,13). The van der Waals surface area contributed by atoms with Crippen LogP contribution in [0, 0.1) is 0 Å². The molecular weight excluding hydrogens is 274 g/mol. The van der Waals surface area contributed by atoms with Crippen molar-refractivity contribution in [2.75, 3.05) is 19.5 Å². The average molecular weight is 295 g/mol. The summed E-state index contributed by atoms with van der Waals surface area (Å²) < 4.78 is 36.8. The molecule has 1 amide bonds. The molecule has 1 aliphatic rings. The molecule has 0 radical (unpaired) electrons. The lowest BCUT2D eigenvalue weighted by atomic mass is 10.2. The quantitative estimate of drug-likeness (QED) is 0.766. The van der Waals surface area contributed by atoms with Crippen molar-refractivity contribution in [2.24, 2.45) is 0 Å². The fourth-order valence-electron chi connectivity index (χ4n) is 1.60. The van der Waals surface area contributed by atoms with E-state index in [1.54, 1.807) is 20.8 Å². The summed E-state index contributed by atoms with van der Waals surface area (Å²) in [5, 5.41) is 2.67. The van der Waals surface area contributed by atoms with Crippen LogP contribution in [0.1, 0.15) is 27.2 Å². The molecule has 0 saturated carbocycles. The molecule has 2 atom stereocenters. The van der Waals surface area contributed by atoms with E-state index in [1.165, 1.54) is 0 Å². The monoisotopic (exact) mass is 295 g/mol. The minimum absolute atomic E-state index is 0.0364. The van der Waals surface area contributed by atoms with Crippen LogP contribution in [0.2, 0.25) is 0 Å². The van der Waals surface area contributed by atoms with Gasteiger partial charge in [-0.05, 0) is 27.2 Å². The minimum Gasteiger partial charge on any atom is -0.444 e. The van der Waals surface area contributed by atoms with Crippen molar-refractivity contribution in [3.8, 4) is 0 Å². The van der Waals surface area contributed by atoms with Gasteiger partial charge in [-0.2, -0.15) is 8.42 Å². The Hall–Kier alpha value is -0.860. The van der Waals surface area contributed by atoms with Crippen molar-refractivity contribution >= 4 is 16.2 Å². The molecule has 0 bridgehead atoms. The Morgan fingerprint density at radius 2 is 2.05 bits per heavy atom. The van der Waals surface area contributed by atoms with Crippen molar-refractivity contribution in [2.45, 2.75) is 44.9 Å². The fourth-order valence-corrected chi connectivity index (χ4v) is 2.00. The van der Waals surface area contributed by atoms with Crippen molar-refractivity contribution in [3.63, 3.8) is 0 Å². The summed E-state index contributed by atoms with van der Waals surface area (Å²) in [4.78, 5) is 11.5. The Bertz CT molecular complexity index is 413. The van der Waals surface area contributed by atoms with E-state index < -0.39 is 21.8 Å². The lowest BCUT2D eigenvalue weighted by Crippen LogP contribution is -2.39. The normalized spacial score (nSPS) is 24.2. The molecule has 1 aliphatic heterocycles. The third-order valence-corrected chi connectivity index (χ3v) is 2.83. The number of hydrogen-bond acceptors (Lipinski definition) is 6. The number of carbonyl (C=O) groups is 1. The van der Waals surface area contributed by atoms with Gasteiger partial charge in [0.1, 0.15) is 5.60 Å². The Balaban J connectivity index is 2.30. The number of alkyl carbamates (subject to hydrolysis) is 1. The van der Waals surface area contributed by atoms with Crippen LogP contribution in [0.3, 0.4) is 0 Å². The van der Waals surface area contributed by atoms with Gasteiger partial charge in [0, 0.05) is 0 Å². The zero-order valence-electron chi connectivity index (χ0n) is 11.6. The van der Waals surface area contributed by atoms with Gasteiger partial charge in [0.25, 0.3) is 10.1 Å². The summed E-state index contributed by atoms with van der Waals surface area (Å²) in [6.07, 6.45) is 0.632. The van der Waals surface area contributed by atoms with Crippen LogP contribution in [0.15, 0.2) is 0 Å². The largest absolute Gasteiger partial charge is 0.444 e. The molecule has 112 valence electrons. The molecule has 1 heterocycles. The molecule has 7 nitrogen and oxygen atoms in total. The summed E-state index contributed by atoms with van der Waals surface area (Å²) in [6.45, 7) is 5.61. The fraction of sp³-hybridized carbons (Fsp3) is 0.909. The number of amides is 1. The van der Waals surface area contributed by atoms with E-state index in [0.717, 1.165) is 6.26 Å². The number of nitrogens with one attached hydrogen (secondary N) is 1. The third-order valence-electron chi connectivity index (χ3n) is 2.27. The minimum atomic E-state index is -3.47. The van der Waals surface area contributed by atoms with Gasteiger partial charge in [0.2, 0.25) is 0 Å². The van der Waals surface area contributed by atoms with Crippen molar-refractivity contribution < 1.29 is 26.9 Å². The predicted octanol–water partition coefficient (Wildman–Crippen LogP) is 0.645. The smallest absolute Gasteiger partial charge is 0.407 e. The first-order chi connectivity index (χ1) is 8.55. The zero-order chi connectivity index (χ0) is 14.7. The topological polar surface area (TPSA) is 90.9 Å². The molecule has 0 aromatic carbocycles. The van der Waals surface area contributed by atoms with E-state index >= 15 is 0 Å². The molecule has 0 aliphatic carbocycles. The highest BCUT2D eigenvalue weighted by molar-refractivity contribution is 7.85. The van der Waals surface area contributed by atoms with Gasteiger partial charge >= 0.3 is 6.09 Å². The Morgan fingerprint density at radius 3 is 2.58 bits per heavy atom. The molecule has 0 spiro atoms. The Labute approximate surface area is 113 Å². The first kappa shape index (κ1) is 16.2. The van der Waals surface area contributed by atoms with Gasteiger partial charge in [0.15, 0.2) is 0 Å². The summed E-state index contributed by atoms with van der Waals surface area (Å²) in [6, 6.07) is -0.192. The van der Waals surface area contributed by atoms with Gasteiger partial charge in [-0.15, -0.1) is 0 Å². The molecule has 0 aromatic heterocycles. The van der Waals surface area contributed by atoms with E-state index in [9.17, 15) is 13.2 Å². The number of carbonyl (C=O) groups excluding carboxylic acids is 1. The van der Waals surface area contributed by atoms with Crippen LogP contribution in [0.4, 0.5) is 4.79 Å². The van der Waals surface area contributed by atoms with Crippen LogP contribution >= 0.6 is 0 Å². The lowest BCUT2D eigenvalue weighted by molar-refractivity contribution is 0.0486. The number of ether oxygens (including phenoxy) is 2. The highest BCUT2D eigenvalue weighted by Crippen LogP contribution is 2.15. The van der Waals surface area contributed by atoms with Crippen LogP contribution in [-0.4, -0.2) is 51.7 Å². The Kier molecular flexibility index (Phi) is 5.17. The molecule has 2 unspecified atom stereocenters. The van der Waals surface area contributed by atoms with Gasteiger partial charge < -0.3 is 14.8 Å². The van der Waals surface area contributed by atoms with Crippen LogP contribution in [-0.2, 0) is 23.8 Å². The highest BCUT2D eigenvalue weighted by Gasteiger charge is 2.29. The molecule has 19 heavy (non-hydrogen) atoms. The summed E-state index contributed by atoms with van der Waals surface area (Å²) in [5.74, 6) is 0. The SMILES string of the molecule is CC(C)(C)OC(=O)NC1COC(COS(C)(=O)=O)C1. The molecular formula is C11H21NO6S. The van der Waals surface area contributed by atoms with Crippen molar-refractivity contribution in [1.82, 2.24) is 5.32 Å². The maximum atomic E-state index is 11.5. The summed E-state index contributed by atoms with van der Waals surface area (Å²) in [7, 11) is -3.47. The highest BCUT2D eigenvalue weighted by atomic mass is 32.2. The summed E-state index contributed by atoms with van der Waals surface area (Å²) >= 11 is 0. The van der Waals surface area contributed by atoms with E-state index in [-0.39, 0.29) is 18.8 Å². The van der Waals surface area contributed by atoms with Crippen molar-refractivity contribution in [1.29, 1.82) is 0 Å². The summed E-state index contributed by atoms with van der Waals surface area (Å²) in [5.41, 5.74) is -0.553. The molecule has 0 aromatic rings. The van der Waals surface area contributed by atoms with Crippen LogP contribution in [0.5, 0.6) is 0 Å². The van der Waals surface area contributed by atoms with Gasteiger partial charge in [-0.1, -0.05) is 0 Å². The molecule has 1 N–H and O–H groups in total. The van der Waals surface area contributed by atoms with Crippen LogP contribution in [0.25, 0.3) is 0 Å². The van der Waals surface area contributed by atoms with Crippen LogP contribution < -0.4 is 5.32 Å². The first-order valence-electron chi connectivity index (χ1n) is 6.01. The van der Waals surface area contributed by atoms with E-state index in [2.05, 4.69) is 9.50 Å². The average Bonchev–Trinajstić information content (AvgIpc) is 2.58. The maximum Gasteiger partial charge on any atom is 0.407 e. The molecule has 8 heteroatoms. The maximum absolute atomic E-state index is 11.5. The predicted molar refractivity (Wildman–Crippen MR) is 68.3 cm³/mol. The van der Waals surface area contributed by atoms with E-state index in [1.807, 2.05) is 0 Å². The second-order valence-electron chi connectivity index (χ2n) is 5.52. The van der Waals surface area contributed by atoms with Gasteiger partial charge in [-0.25, -0.2) is 4.79 Å². The molecule has 1 rings (SSSR count). The first-order valence-corrected chi connectivity index (χ1v) is 7.82. The van der Waals surface area contributed by atoms with Gasteiger partial charge in [0.05, 0.1) is 31.6 Å². The molecule has 1 saturated heterocycles. The second kappa shape index (κ2) is 6.06. The number of hydrogen-bond donors (Lipinski definition) is 1. The van der Waals surface area contributed by atoms with Crippen molar-refractivity contribution in [3.05, 3.63) is 0 Å². The zero-order valence-corrected chi connectivity index (χ0v) is 12.5. The van der Waals surface area contributed by atoms with Gasteiger partial charge in [-0.3, -0.25) is 4.18 Å². The van der Waals surface area contributed by atoms with E-state index in [4.69, 9.17) is 9.47 Å². The Morgan fingerprint density at radius 1 is 1.42 bits per heavy atom. The lowest BCUT2D eigenvalue weighted by Gasteiger charge is -2.21. The molecule has 1 fully saturated rings.